The molecule has 0 saturated carbocycles. The van der Waals surface area contributed by atoms with E-state index < -0.39 is 0 Å². The molecule has 3 N–H and O–H groups in total. The summed E-state index contributed by atoms with van der Waals surface area (Å²) in [5.41, 5.74) is 0. The number of aliphatic hydroxyl groups excluding tert-OH is 1. The van der Waals surface area contributed by atoms with Crippen LogP contribution in [0.2, 0.25) is 0 Å². The Morgan fingerprint density at radius 3 is 2.38 bits per heavy atom. The van der Waals surface area contributed by atoms with Crippen LogP contribution in [-0.4, -0.2) is 60.8 Å². The lowest BCUT2D eigenvalue weighted by Crippen LogP contribution is -2.50. The van der Waals surface area contributed by atoms with E-state index in [2.05, 4.69) is 41.3 Å². The van der Waals surface area contributed by atoms with Gasteiger partial charge in [-0.2, -0.15) is 0 Å². The van der Waals surface area contributed by atoms with Gasteiger partial charge in [-0.15, -0.1) is 24.0 Å². The van der Waals surface area contributed by atoms with Crippen molar-refractivity contribution in [2.45, 2.75) is 52.6 Å². The van der Waals surface area contributed by atoms with E-state index in [1.54, 1.807) is 0 Å². The molecule has 0 aromatic carbocycles. The van der Waals surface area contributed by atoms with Crippen molar-refractivity contribution in [3.05, 3.63) is 0 Å². The van der Waals surface area contributed by atoms with Crippen LogP contribution in [0.4, 0.5) is 0 Å². The summed E-state index contributed by atoms with van der Waals surface area (Å²) in [6, 6.07) is 1.15. The lowest BCUT2D eigenvalue weighted by molar-refractivity contribution is 0.167. The van der Waals surface area contributed by atoms with Crippen LogP contribution in [0, 0.1) is 5.92 Å². The predicted molar refractivity (Wildman–Crippen MR) is 101 cm³/mol. The van der Waals surface area contributed by atoms with Gasteiger partial charge in [-0.3, -0.25) is 4.99 Å². The minimum absolute atomic E-state index is 0. The molecule has 21 heavy (non-hydrogen) atoms. The van der Waals surface area contributed by atoms with Gasteiger partial charge >= 0.3 is 0 Å². The summed E-state index contributed by atoms with van der Waals surface area (Å²) >= 11 is 0. The van der Waals surface area contributed by atoms with Gasteiger partial charge in [0.1, 0.15) is 0 Å². The monoisotopic (exact) mass is 412 g/mol. The quantitative estimate of drug-likeness (QED) is 0.353. The second kappa shape index (κ2) is 11.5. The summed E-state index contributed by atoms with van der Waals surface area (Å²) in [7, 11) is 0. The zero-order valence-corrected chi connectivity index (χ0v) is 16.3. The highest BCUT2D eigenvalue weighted by Crippen LogP contribution is 2.12. The molecule has 0 aromatic heterocycles. The second-order valence-corrected chi connectivity index (χ2v) is 6.06. The fraction of sp³-hybridized carbons (Fsp3) is 0.933. The van der Waals surface area contributed by atoms with Crippen LogP contribution in [-0.2, 0) is 0 Å². The molecular weight excluding hydrogens is 379 g/mol. The minimum atomic E-state index is 0. The first-order chi connectivity index (χ1) is 9.56. The Bertz CT molecular complexity index is 291. The molecule has 0 aliphatic carbocycles. The number of aliphatic hydroxyl groups is 1. The number of nitrogens with one attached hydrogen (secondary N) is 2. The molecule has 0 bridgehead atoms. The zero-order chi connectivity index (χ0) is 15.0. The number of halogens is 1. The number of guanidine groups is 1. The van der Waals surface area contributed by atoms with Crippen LogP contribution in [0.25, 0.3) is 0 Å². The van der Waals surface area contributed by atoms with E-state index >= 15 is 0 Å². The molecule has 0 amide bonds. The number of piperidine rings is 1. The molecule has 1 atom stereocenters. The molecule has 0 aromatic rings. The largest absolute Gasteiger partial charge is 0.396 e. The average Bonchev–Trinajstić information content (AvgIpc) is 2.45. The summed E-state index contributed by atoms with van der Waals surface area (Å²) < 4.78 is 0. The Labute approximate surface area is 147 Å². The van der Waals surface area contributed by atoms with E-state index in [4.69, 9.17) is 5.11 Å². The van der Waals surface area contributed by atoms with Crippen molar-refractivity contribution < 1.29 is 5.11 Å². The standard InChI is InChI=1S/C15H32N4O.HI/c1-5-16-15(17-10-13(4)11-20)18-14-6-8-19(9-7-14)12(2)3;/h12-14,20H,5-11H2,1-4H3,(H2,16,17,18);1H. The van der Waals surface area contributed by atoms with Gasteiger partial charge < -0.3 is 20.6 Å². The summed E-state index contributed by atoms with van der Waals surface area (Å²) in [5, 5.41) is 15.9. The fourth-order valence-electron chi connectivity index (χ4n) is 2.38. The van der Waals surface area contributed by atoms with Gasteiger partial charge in [0.2, 0.25) is 0 Å². The number of nitrogens with zero attached hydrogens (tertiary/aromatic N) is 2. The first kappa shape index (κ1) is 20.9. The first-order valence-electron chi connectivity index (χ1n) is 7.96. The topological polar surface area (TPSA) is 59.9 Å². The van der Waals surface area contributed by atoms with Crippen LogP contribution >= 0.6 is 24.0 Å². The third-order valence-electron chi connectivity index (χ3n) is 3.82. The molecule has 1 unspecified atom stereocenters. The van der Waals surface area contributed by atoms with Crippen LogP contribution in [0.3, 0.4) is 0 Å². The molecule has 1 aliphatic rings. The first-order valence-corrected chi connectivity index (χ1v) is 7.96. The van der Waals surface area contributed by atoms with Crippen molar-refractivity contribution in [3.63, 3.8) is 0 Å². The number of likely N-dealkylation sites (tertiary alicyclic amines) is 1. The highest BCUT2D eigenvalue weighted by molar-refractivity contribution is 14.0. The zero-order valence-electron chi connectivity index (χ0n) is 13.9. The van der Waals surface area contributed by atoms with E-state index in [1.807, 2.05) is 6.92 Å². The lowest BCUT2D eigenvalue weighted by atomic mass is 10.0. The van der Waals surface area contributed by atoms with Crippen LogP contribution in [0.15, 0.2) is 4.99 Å². The van der Waals surface area contributed by atoms with E-state index in [0.29, 0.717) is 18.6 Å². The Kier molecular flexibility index (Phi) is 11.4. The molecule has 126 valence electrons. The minimum Gasteiger partial charge on any atom is -0.396 e. The number of hydrogen-bond acceptors (Lipinski definition) is 3. The summed E-state index contributed by atoms with van der Waals surface area (Å²) in [6.45, 7) is 12.6. The van der Waals surface area contributed by atoms with Gasteiger partial charge in [0, 0.05) is 44.9 Å². The third-order valence-corrected chi connectivity index (χ3v) is 3.82. The molecule has 1 saturated heterocycles. The van der Waals surface area contributed by atoms with Gasteiger partial charge in [-0.25, -0.2) is 0 Å². The molecule has 1 rings (SSSR count). The summed E-state index contributed by atoms with van der Waals surface area (Å²) in [6.07, 6.45) is 2.33. The van der Waals surface area contributed by atoms with Gasteiger partial charge in [-0.1, -0.05) is 6.92 Å². The van der Waals surface area contributed by atoms with Crippen LogP contribution in [0.5, 0.6) is 0 Å². The normalized spacial score (nSPS) is 19.2. The Morgan fingerprint density at radius 2 is 1.90 bits per heavy atom. The van der Waals surface area contributed by atoms with E-state index in [-0.39, 0.29) is 36.5 Å². The van der Waals surface area contributed by atoms with Crippen molar-refractivity contribution in [1.82, 2.24) is 15.5 Å². The van der Waals surface area contributed by atoms with Gasteiger partial charge in [0.15, 0.2) is 5.96 Å². The van der Waals surface area contributed by atoms with Crippen LogP contribution in [0.1, 0.15) is 40.5 Å². The maximum absolute atomic E-state index is 9.06. The second-order valence-electron chi connectivity index (χ2n) is 6.06. The highest BCUT2D eigenvalue weighted by Gasteiger charge is 2.21. The Hall–Kier alpha value is -0.0800. The Morgan fingerprint density at radius 1 is 1.29 bits per heavy atom. The SMILES string of the molecule is CCNC(=NCC(C)CO)NC1CCN(C(C)C)CC1.I. The van der Waals surface area contributed by atoms with E-state index in [0.717, 1.165) is 38.4 Å². The molecule has 1 fully saturated rings. The average molecular weight is 412 g/mol. The molecule has 1 heterocycles. The molecule has 6 heteroatoms. The molecule has 5 nitrogen and oxygen atoms in total. The number of rotatable bonds is 6. The number of aliphatic imine (C=N–C) groups is 1. The summed E-state index contributed by atoms with van der Waals surface area (Å²) in [4.78, 5) is 7.08. The lowest BCUT2D eigenvalue weighted by Gasteiger charge is -2.35. The van der Waals surface area contributed by atoms with Crippen molar-refractivity contribution in [2.24, 2.45) is 10.9 Å². The molecule has 0 spiro atoms. The fourth-order valence-corrected chi connectivity index (χ4v) is 2.38. The van der Waals surface area contributed by atoms with Crippen molar-refractivity contribution >= 4 is 29.9 Å². The van der Waals surface area contributed by atoms with E-state index in [1.165, 1.54) is 0 Å². The van der Waals surface area contributed by atoms with Crippen molar-refractivity contribution in [2.75, 3.05) is 32.8 Å². The predicted octanol–water partition coefficient (Wildman–Crippen LogP) is 1.66. The van der Waals surface area contributed by atoms with Crippen molar-refractivity contribution in [3.8, 4) is 0 Å². The molecular formula is C15H33IN4O. The maximum atomic E-state index is 9.06. The highest BCUT2D eigenvalue weighted by atomic mass is 127. The smallest absolute Gasteiger partial charge is 0.191 e. The Balaban J connectivity index is 0.00000400. The van der Waals surface area contributed by atoms with Gasteiger partial charge in [-0.05, 0) is 39.5 Å². The molecule has 1 aliphatic heterocycles. The number of hydrogen-bond donors (Lipinski definition) is 3. The molecule has 0 radical (unpaired) electrons. The third kappa shape index (κ3) is 8.21. The van der Waals surface area contributed by atoms with E-state index in [9.17, 15) is 0 Å². The van der Waals surface area contributed by atoms with Gasteiger partial charge in [0.05, 0.1) is 0 Å². The van der Waals surface area contributed by atoms with Gasteiger partial charge in [0.25, 0.3) is 0 Å². The summed E-state index contributed by atoms with van der Waals surface area (Å²) in [5.74, 6) is 1.10. The van der Waals surface area contributed by atoms with Crippen molar-refractivity contribution in [1.29, 1.82) is 0 Å². The maximum Gasteiger partial charge on any atom is 0.191 e. The van der Waals surface area contributed by atoms with Crippen LogP contribution < -0.4 is 10.6 Å².